The van der Waals surface area contributed by atoms with Crippen molar-refractivity contribution in [1.29, 1.82) is 0 Å². The van der Waals surface area contributed by atoms with Gasteiger partial charge in [0.05, 0.1) is 0 Å². The smallest absolute Gasteiger partial charge is 0.112 e. The number of aryl methyl sites for hydroxylation is 1. The summed E-state index contributed by atoms with van der Waals surface area (Å²) in [6.07, 6.45) is 3.87. The first-order chi connectivity index (χ1) is 7.79. The molecular weight excluding hydrogens is 201 g/mol. The highest BCUT2D eigenvalue weighted by Gasteiger charge is 2.29. The maximum atomic E-state index is 14.5. The van der Waals surface area contributed by atoms with Gasteiger partial charge in [0.1, 0.15) is 5.67 Å². The van der Waals surface area contributed by atoms with E-state index in [4.69, 9.17) is 0 Å². The molecule has 1 atom stereocenters. The molecule has 0 bridgehead atoms. The second kappa shape index (κ2) is 5.44. The molecule has 1 aliphatic heterocycles. The summed E-state index contributed by atoms with van der Waals surface area (Å²) in [6, 6.07) is 10.2. The fourth-order valence-corrected chi connectivity index (χ4v) is 2.36. The molecule has 16 heavy (non-hydrogen) atoms. The predicted molar refractivity (Wildman–Crippen MR) is 65.3 cm³/mol. The van der Waals surface area contributed by atoms with Crippen LogP contribution in [0.4, 0.5) is 4.39 Å². The first kappa shape index (κ1) is 11.6. The van der Waals surface area contributed by atoms with Crippen molar-refractivity contribution >= 4 is 0 Å². The van der Waals surface area contributed by atoms with Crippen LogP contribution >= 0.6 is 0 Å². The lowest BCUT2D eigenvalue weighted by Gasteiger charge is -2.23. The van der Waals surface area contributed by atoms with E-state index in [1.54, 1.807) is 0 Å². The number of rotatable bonds is 3. The Morgan fingerprint density at radius 1 is 1.12 bits per heavy atom. The molecule has 0 aromatic heterocycles. The van der Waals surface area contributed by atoms with E-state index in [1.807, 2.05) is 18.2 Å². The van der Waals surface area contributed by atoms with Crippen LogP contribution in [-0.2, 0) is 6.42 Å². The summed E-state index contributed by atoms with van der Waals surface area (Å²) < 4.78 is 14.5. The van der Waals surface area contributed by atoms with Crippen molar-refractivity contribution in [2.75, 3.05) is 13.1 Å². The van der Waals surface area contributed by atoms with Crippen LogP contribution < -0.4 is 5.32 Å². The summed E-state index contributed by atoms with van der Waals surface area (Å²) in [5.74, 6) is 0. The maximum absolute atomic E-state index is 14.5. The van der Waals surface area contributed by atoms with Crippen molar-refractivity contribution in [2.24, 2.45) is 0 Å². The minimum atomic E-state index is -0.945. The minimum Gasteiger partial charge on any atom is -0.317 e. The molecule has 0 spiro atoms. The molecule has 88 valence electrons. The van der Waals surface area contributed by atoms with Gasteiger partial charge in [0, 0.05) is 0 Å². The number of nitrogens with one attached hydrogen (secondary N) is 1. The van der Waals surface area contributed by atoms with E-state index in [9.17, 15) is 4.39 Å². The number of hydrogen-bond acceptors (Lipinski definition) is 1. The number of alkyl halides is 1. The van der Waals surface area contributed by atoms with Gasteiger partial charge < -0.3 is 5.32 Å². The second-order valence-corrected chi connectivity index (χ2v) is 4.74. The third-order valence-corrected chi connectivity index (χ3v) is 3.43. The minimum absolute atomic E-state index is 0.665. The summed E-state index contributed by atoms with van der Waals surface area (Å²) in [7, 11) is 0. The highest BCUT2D eigenvalue weighted by Crippen LogP contribution is 2.29. The van der Waals surface area contributed by atoms with Crippen molar-refractivity contribution in [3.8, 4) is 0 Å². The van der Waals surface area contributed by atoms with E-state index in [-0.39, 0.29) is 0 Å². The van der Waals surface area contributed by atoms with Crippen LogP contribution in [0, 0.1) is 0 Å². The van der Waals surface area contributed by atoms with E-state index in [2.05, 4.69) is 17.4 Å². The van der Waals surface area contributed by atoms with Crippen LogP contribution in [0.5, 0.6) is 0 Å². The van der Waals surface area contributed by atoms with Crippen molar-refractivity contribution in [3.63, 3.8) is 0 Å². The van der Waals surface area contributed by atoms with Gasteiger partial charge in [0.25, 0.3) is 0 Å². The number of halogens is 1. The zero-order valence-electron chi connectivity index (χ0n) is 9.71. The van der Waals surface area contributed by atoms with Gasteiger partial charge >= 0.3 is 0 Å². The molecule has 0 aliphatic carbocycles. The van der Waals surface area contributed by atoms with Crippen LogP contribution in [-0.4, -0.2) is 18.8 Å². The number of benzene rings is 1. The quantitative estimate of drug-likeness (QED) is 0.827. The fourth-order valence-electron chi connectivity index (χ4n) is 2.36. The summed E-state index contributed by atoms with van der Waals surface area (Å²) in [5.41, 5.74) is 0.302. The summed E-state index contributed by atoms with van der Waals surface area (Å²) >= 11 is 0. The first-order valence-electron chi connectivity index (χ1n) is 6.22. The first-order valence-corrected chi connectivity index (χ1v) is 6.22. The Labute approximate surface area is 97.1 Å². The lowest BCUT2D eigenvalue weighted by molar-refractivity contribution is 0.132. The molecule has 1 saturated heterocycles. The predicted octanol–water partition coefficient (Wildman–Crippen LogP) is 3.10. The Bertz CT molecular complexity index is 302. The monoisotopic (exact) mass is 221 g/mol. The van der Waals surface area contributed by atoms with E-state index in [1.165, 1.54) is 5.56 Å². The molecule has 0 radical (unpaired) electrons. The highest BCUT2D eigenvalue weighted by atomic mass is 19.1. The topological polar surface area (TPSA) is 12.0 Å². The van der Waals surface area contributed by atoms with Gasteiger partial charge in [-0.15, -0.1) is 0 Å². The molecule has 0 amide bonds. The molecule has 2 heteroatoms. The zero-order valence-corrected chi connectivity index (χ0v) is 9.71. The molecule has 1 aromatic carbocycles. The van der Waals surface area contributed by atoms with Crippen LogP contribution in [0.1, 0.15) is 31.2 Å². The molecule has 1 fully saturated rings. The third-order valence-electron chi connectivity index (χ3n) is 3.43. The normalized spacial score (nSPS) is 26.3. The van der Waals surface area contributed by atoms with Gasteiger partial charge in [-0.05, 0) is 50.8 Å². The van der Waals surface area contributed by atoms with E-state index in [0.29, 0.717) is 19.3 Å². The fraction of sp³-hybridized carbons (Fsp3) is 0.571. The maximum Gasteiger partial charge on any atom is 0.112 e. The van der Waals surface area contributed by atoms with Gasteiger partial charge in [0.2, 0.25) is 0 Å². The summed E-state index contributed by atoms with van der Waals surface area (Å²) in [4.78, 5) is 0. The molecule has 1 N–H and O–H groups in total. The van der Waals surface area contributed by atoms with Gasteiger partial charge in [-0.3, -0.25) is 0 Å². The zero-order chi connectivity index (χ0) is 11.3. The Morgan fingerprint density at radius 3 is 2.75 bits per heavy atom. The van der Waals surface area contributed by atoms with Gasteiger partial charge in [-0.2, -0.15) is 0 Å². The molecular formula is C14H20FN. The Balaban J connectivity index is 1.88. The van der Waals surface area contributed by atoms with Crippen molar-refractivity contribution in [3.05, 3.63) is 35.9 Å². The molecule has 1 aromatic rings. The highest BCUT2D eigenvalue weighted by molar-refractivity contribution is 5.15. The van der Waals surface area contributed by atoms with Crippen molar-refractivity contribution < 1.29 is 4.39 Å². The van der Waals surface area contributed by atoms with E-state index < -0.39 is 5.67 Å². The van der Waals surface area contributed by atoms with Gasteiger partial charge in [0.15, 0.2) is 0 Å². The Morgan fingerprint density at radius 2 is 1.94 bits per heavy atom. The van der Waals surface area contributed by atoms with E-state index in [0.717, 1.165) is 25.9 Å². The molecule has 1 unspecified atom stereocenters. The molecule has 2 rings (SSSR count). The summed E-state index contributed by atoms with van der Waals surface area (Å²) in [5, 5.41) is 3.26. The average Bonchev–Trinajstić information content (AvgIpc) is 2.54. The van der Waals surface area contributed by atoms with Crippen LogP contribution in [0.15, 0.2) is 30.3 Å². The largest absolute Gasteiger partial charge is 0.317 e. The summed E-state index contributed by atoms with van der Waals surface area (Å²) in [6.45, 7) is 1.79. The lowest BCUT2D eigenvalue weighted by Crippen LogP contribution is -2.25. The van der Waals surface area contributed by atoms with Crippen LogP contribution in [0.2, 0.25) is 0 Å². The molecule has 1 heterocycles. The molecule has 1 aliphatic rings. The number of hydrogen-bond donors (Lipinski definition) is 1. The van der Waals surface area contributed by atoms with Crippen LogP contribution in [0.3, 0.4) is 0 Å². The Kier molecular flexibility index (Phi) is 3.94. The van der Waals surface area contributed by atoms with Crippen molar-refractivity contribution in [1.82, 2.24) is 5.32 Å². The average molecular weight is 221 g/mol. The standard InChI is InChI=1S/C14H20FN/c15-14(8-4-11-16-12-10-14)9-7-13-5-2-1-3-6-13/h1-3,5-6,16H,4,7-12H2. The molecule has 0 saturated carbocycles. The second-order valence-electron chi connectivity index (χ2n) is 4.74. The van der Waals surface area contributed by atoms with Crippen LogP contribution in [0.25, 0.3) is 0 Å². The Hall–Kier alpha value is -0.890. The third kappa shape index (κ3) is 3.31. The molecule has 1 nitrogen and oxygen atoms in total. The van der Waals surface area contributed by atoms with E-state index >= 15 is 0 Å². The van der Waals surface area contributed by atoms with Gasteiger partial charge in [-0.1, -0.05) is 30.3 Å². The lowest BCUT2D eigenvalue weighted by atomic mass is 9.90. The van der Waals surface area contributed by atoms with Gasteiger partial charge in [-0.25, -0.2) is 4.39 Å². The SMILES string of the molecule is FC1(CCc2ccccc2)CCCNCC1. The van der Waals surface area contributed by atoms with Crippen molar-refractivity contribution in [2.45, 2.75) is 37.8 Å².